The molecule has 0 unspecified atom stereocenters. The molecule has 0 heterocycles. The third kappa shape index (κ3) is 3.82. The summed E-state index contributed by atoms with van der Waals surface area (Å²) >= 11 is 0. The Bertz CT molecular complexity index is 143. The molecule has 0 bridgehead atoms. The lowest BCUT2D eigenvalue weighted by Crippen LogP contribution is -2.43. The van der Waals surface area contributed by atoms with Crippen LogP contribution in [0.2, 0.25) is 18.1 Å². The highest BCUT2D eigenvalue weighted by atomic mass is 28.4. The lowest BCUT2D eigenvalue weighted by Gasteiger charge is -2.39. The first-order chi connectivity index (χ1) is 5.74. The molecule has 0 spiro atoms. The Hall–Kier alpha value is 0.177. The van der Waals surface area contributed by atoms with E-state index in [9.17, 15) is 0 Å². The molecule has 0 aliphatic carbocycles. The summed E-state index contributed by atoms with van der Waals surface area (Å²) in [5.74, 6) is 0. The van der Waals surface area contributed by atoms with Crippen molar-refractivity contribution in [1.82, 2.24) is 0 Å². The molecule has 0 rings (SSSR count). The van der Waals surface area contributed by atoms with E-state index < -0.39 is 8.32 Å². The van der Waals surface area contributed by atoms with Crippen LogP contribution in [0.25, 0.3) is 0 Å². The average Bonchev–Trinajstić information content (AvgIpc) is 1.98. The van der Waals surface area contributed by atoms with Crippen LogP contribution in [0.15, 0.2) is 0 Å². The molecule has 13 heavy (non-hydrogen) atoms. The van der Waals surface area contributed by atoms with Crippen molar-refractivity contribution in [3.05, 3.63) is 0 Å². The van der Waals surface area contributed by atoms with E-state index in [0.29, 0.717) is 11.1 Å². The van der Waals surface area contributed by atoms with Crippen LogP contribution in [0.1, 0.15) is 47.5 Å². The first kappa shape index (κ1) is 13.2. The van der Waals surface area contributed by atoms with Gasteiger partial charge in [0.15, 0.2) is 8.32 Å². The highest BCUT2D eigenvalue weighted by molar-refractivity contribution is 6.74. The van der Waals surface area contributed by atoms with Crippen LogP contribution in [0.4, 0.5) is 0 Å². The van der Waals surface area contributed by atoms with Gasteiger partial charge >= 0.3 is 0 Å². The van der Waals surface area contributed by atoms with Gasteiger partial charge in [-0.2, -0.15) is 0 Å². The fourth-order valence-corrected chi connectivity index (χ4v) is 2.57. The maximum Gasteiger partial charge on any atom is 0.192 e. The van der Waals surface area contributed by atoms with Gasteiger partial charge in [-0.3, -0.25) is 0 Å². The zero-order chi connectivity index (χ0) is 10.7. The molecule has 0 aromatic heterocycles. The Labute approximate surface area is 85.0 Å². The highest BCUT2D eigenvalue weighted by Gasteiger charge is 2.38. The molecule has 0 amide bonds. The van der Waals surface area contributed by atoms with E-state index in [2.05, 4.69) is 47.7 Å². The first-order valence-electron chi connectivity index (χ1n) is 5.42. The Morgan fingerprint density at radius 1 is 1.08 bits per heavy atom. The average molecular weight is 202 g/mol. The van der Waals surface area contributed by atoms with Gasteiger partial charge in [-0.1, -0.05) is 34.6 Å². The van der Waals surface area contributed by atoms with E-state index >= 15 is 0 Å². The van der Waals surface area contributed by atoms with E-state index in [1.54, 1.807) is 0 Å². The van der Waals surface area contributed by atoms with E-state index in [1.807, 2.05) is 0 Å². The van der Waals surface area contributed by atoms with Crippen LogP contribution >= 0.6 is 0 Å². The van der Waals surface area contributed by atoms with E-state index in [1.165, 1.54) is 0 Å². The predicted molar refractivity (Wildman–Crippen MR) is 62.7 cm³/mol. The molecule has 0 aliphatic heterocycles. The molecule has 0 N–H and O–H groups in total. The van der Waals surface area contributed by atoms with Crippen molar-refractivity contribution in [3.8, 4) is 0 Å². The standard InChI is InChI=1S/C11H26OSi/c1-8-10(9-2)12-13(6,7)11(3,4)5/h10H,8-9H2,1-7H3. The summed E-state index contributed by atoms with van der Waals surface area (Å²) in [6.07, 6.45) is 2.76. The zero-order valence-corrected chi connectivity index (χ0v) is 11.4. The smallest absolute Gasteiger partial charge is 0.192 e. The molecular weight excluding hydrogens is 176 g/mol. The van der Waals surface area contributed by atoms with Crippen molar-refractivity contribution in [2.24, 2.45) is 0 Å². The first-order valence-corrected chi connectivity index (χ1v) is 8.33. The van der Waals surface area contributed by atoms with Gasteiger partial charge in [-0.15, -0.1) is 0 Å². The molecule has 0 radical (unpaired) electrons. The quantitative estimate of drug-likeness (QED) is 0.621. The summed E-state index contributed by atoms with van der Waals surface area (Å²) in [6, 6.07) is 0. The SMILES string of the molecule is CCC(CC)O[Si](C)(C)C(C)(C)C. The van der Waals surface area contributed by atoms with Gasteiger partial charge in [0.2, 0.25) is 0 Å². The number of rotatable bonds is 4. The van der Waals surface area contributed by atoms with Crippen molar-refractivity contribution in [2.75, 3.05) is 0 Å². The van der Waals surface area contributed by atoms with Crippen molar-refractivity contribution >= 4 is 8.32 Å². The second kappa shape index (κ2) is 4.60. The predicted octanol–water partition coefficient (Wildman–Crippen LogP) is 4.20. The zero-order valence-electron chi connectivity index (χ0n) is 10.4. The molecule has 2 heteroatoms. The van der Waals surface area contributed by atoms with Crippen LogP contribution in [0, 0.1) is 0 Å². The molecule has 80 valence electrons. The minimum atomic E-state index is -1.51. The third-order valence-corrected chi connectivity index (χ3v) is 7.71. The Morgan fingerprint density at radius 2 is 1.46 bits per heavy atom. The van der Waals surface area contributed by atoms with Crippen molar-refractivity contribution in [2.45, 2.75) is 71.7 Å². The van der Waals surface area contributed by atoms with E-state index in [4.69, 9.17) is 4.43 Å². The van der Waals surface area contributed by atoms with Gasteiger partial charge in [0, 0.05) is 6.10 Å². The van der Waals surface area contributed by atoms with Crippen molar-refractivity contribution in [1.29, 1.82) is 0 Å². The van der Waals surface area contributed by atoms with Gasteiger partial charge in [-0.25, -0.2) is 0 Å². The van der Waals surface area contributed by atoms with Gasteiger partial charge in [-0.05, 0) is 31.0 Å². The summed E-state index contributed by atoms with van der Waals surface area (Å²) in [5, 5.41) is 0.343. The molecule has 0 saturated heterocycles. The summed E-state index contributed by atoms with van der Waals surface area (Å²) in [5.41, 5.74) is 0. The molecule has 0 aliphatic rings. The number of hydrogen-bond acceptors (Lipinski definition) is 1. The minimum Gasteiger partial charge on any atom is -0.414 e. The Balaban J connectivity index is 4.31. The number of hydrogen-bond donors (Lipinski definition) is 0. The summed E-state index contributed by atoms with van der Waals surface area (Å²) in [6.45, 7) is 15.9. The summed E-state index contributed by atoms with van der Waals surface area (Å²) < 4.78 is 6.24. The monoisotopic (exact) mass is 202 g/mol. The van der Waals surface area contributed by atoms with Crippen molar-refractivity contribution in [3.63, 3.8) is 0 Å². The molecule has 0 aromatic rings. The Morgan fingerprint density at radius 3 is 1.69 bits per heavy atom. The van der Waals surface area contributed by atoms with Crippen LogP contribution in [0.3, 0.4) is 0 Å². The van der Waals surface area contributed by atoms with Gasteiger partial charge < -0.3 is 4.43 Å². The topological polar surface area (TPSA) is 9.23 Å². The second-order valence-electron chi connectivity index (χ2n) is 5.32. The van der Waals surface area contributed by atoms with Gasteiger partial charge in [0.25, 0.3) is 0 Å². The van der Waals surface area contributed by atoms with Gasteiger partial charge in [0.1, 0.15) is 0 Å². The summed E-state index contributed by atoms with van der Waals surface area (Å²) in [4.78, 5) is 0. The van der Waals surface area contributed by atoms with Crippen LogP contribution in [-0.4, -0.2) is 14.4 Å². The van der Waals surface area contributed by atoms with Crippen LogP contribution in [0.5, 0.6) is 0 Å². The molecule has 0 saturated carbocycles. The lowest BCUT2D eigenvalue weighted by atomic mass is 10.2. The molecule has 0 fully saturated rings. The van der Waals surface area contributed by atoms with E-state index in [-0.39, 0.29) is 0 Å². The maximum absolute atomic E-state index is 6.24. The normalized spacial score (nSPS) is 13.8. The van der Waals surface area contributed by atoms with Crippen LogP contribution < -0.4 is 0 Å². The van der Waals surface area contributed by atoms with Crippen molar-refractivity contribution < 1.29 is 4.43 Å². The van der Waals surface area contributed by atoms with E-state index in [0.717, 1.165) is 12.8 Å². The Kier molecular flexibility index (Phi) is 4.67. The molecule has 1 nitrogen and oxygen atoms in total. The summed E-state index contributed by atoms with van der Waals surface area (Å²) in [7, 11) is -1.51. The third-order valence-electron chi connectivity index (χ3n) is 3.18. The molecule has 0 aromatic carbocycles. The molecule has 0 atom stereocenters. The highest BCUT2D eigenvalue weighted by Crippen LogP contribution is 2.37. The lowest BCUT2D eigenvalue weighted by molar-refractivity contribution is 0.172. The van der Waals surface area contributed by atoms with Gasteiger partial charge in [0.05, 0.1) is 0 Å². The van der Waals surface area contributed by atoms with Crippen LogP contribution in [-0.2, 0) is 4.43 Å². The fraction of sp³-hybridized carbons (Fsp3) is 1.00. The molecular formula is C11H26OSi. The maximum atomic E-state index is 6.24. The minimum absolute atomic E-state index is 0.343. The second-order valence-corrected chi connectivity index (χ2v) is 10.1. The largest absolute Gasteiger partial charge is 0.414 e. The fourth-order valence-electron chi connectivity index (χ4n) is 1.05.